The van der Waals surface area contributed by atoms with Crippen LogP contribution >= 0.6 is 11.8 Å². The van der Waals surface area contributed by atoms with Crippen molar-refractivity contribution in [1.29, 1.82) is 0 Å². The molecule has 0 aliphatic carbocycles. The monoisotopic (exact) mass is 339 g/mol. The standard InChI is InChI=1S/C18H17N3O2S/c1-18(2)14(15(22)20-13-9-5-6-10-19-13)21-16(23)11-7-3-4-8-12(11)17(21)24-18/h3-10,14,17H,1-2H3,(H,19,20,22)/t14-,17-/m0/s1. The molecule has 0 bridgehead atoms. The van der Waals surface area contributed by atoms with Crippen LogP contribution < -0.4 is 5.32 Å². The fourth-order valence-electron chi connectivity index (χ4n) is 3.44. The first kappa shape index (κ1) is 15.2. The van der Waals surface area contributed by atoms with E-state index < -0.39 is 6.04 Å². The van der Waals surface area contributed by atoms with Gasteiger partial charge in [0.05, 0.1) is 0 Å². The van der Waals surface area contributed by atoms with Gasteiger partial charge in [0.2, 0.25) is 5.91 Å². The predicted octanol–water partition coefficient (Wildman–Crippen LogP) is 3.07. The minimum atomic E-state index is -0.547. The summed E-state index contributed by atoms with van der Waals surface area (Å²) in [6, 6.07) is 12.4. The highest BCUT2D eigenvalue weighted by molar-refractivity contribution is 8.01. The Morgan fingerprint density at radius 3 is 2.71 bits per heavy atom. The van der Waals surface area contributed by atoms with E-state index in [4.69, 9.17) is 0 Å². The molecule has 0 spiro atoms. The van der Waals surface area contributed by atoms with Gasteiger partial charge in [0, 0.05) is 16.5 Å². The Bertz CT molecular complexity index is 822. The molecule has 3 heterocycles. The summed E-state index contributed by atoms with van der Waals surface area (Å²) in [5, 5.41) is 2.73. The third-order valence-electron chi connectivity index (χ3n) is 4.46. The van der Waals surface area contributed by atoms with Crippen LogP contribution in [0.2, 0.25) is 0 Å². The first-order chi connectivity index (χ1) is 11.5. The van der Waals surface area contributed by atoms with Crippen molar-refractivity contribution in [2.75, 3.05) is 5.32 Å². The number of nitrogens with zero attached hydrogens (tertiary/aromatic N) is 2. The zero-order valence-corrected chi connectivity index (χ0v) is 14.2. The molecule has 2 aliphatic rings. The lowest BCUT2D eigenvalue weighted by Crippen LogP contribution is -2.50. The van der Waals surface area contributed by atoms with Gasteiger partial charge in [0.15, 0.2) is 0 Å². The maximum absolute atomic E-state index is 12.9. The van der Waals surface area contributed by atoms with Gasteiger partial charge in [-0.3, -0.25) is 9.59 Å². The van der Waals surface area contributed by atoms with Gasteiger partial charge >= 0.3 is 0 Å². The summed E-state index contributed by atoms with van der Waals surface area (Å²) in [6.45, 7) is 4.02. The number of fused-ring (bicyclic) bond motifs is 3. The second-order valence-electron chi connectivity index (χ2n) is 6.48. The van der Waals surface area contributed by atoms with Crippen LogP contribution in [0.5, 0.6) is 0 Å². The Kier molecular flexibility index (Phi) is 3.38. The van der Waals surface area contributed by atoms with Crippen LogP contribution in [-0.4, -0.2) is 32.5 Å². The maximum atomic E-state index is 12.9. The summed E-state index contributed by atoms with van der Waals surface area (Å²) < 4.78 is -0.382. The molecule has 122 valence electrons. The molecule has 1 aromatic heterocycles. The first-order valence-corrected chi connectivity index (χ1v) is 8.68. The molecule has 2 aliphatic heterocycles. The molecule has 0 saturated carbocycles. The number of benzene rings is 1. The van der Waals surface area contributed by atoms with Gasteiger partial charge < -0.3 is 10.2 Å². The second-order valence-corrected chi connectivity index (χ2v) is 8.21. The largest absolute Gasteiger partial charge is 0.309 e. The van der Waals surface area contributed by atoms with Crippen molar-refractivity contribution in [2.45, 2.75) is 30.0 Å². The lowest BCUT2D eigenvalue weighted by molar-refractivity contribution is -0.121. The Morgan fingerprint density at radius 1 is 1.21 bits per heavy atom. The van der Waals surface area contributed by atoms with Gasteiger partial charge in [-0.15, -0.1) is 11.8 Å². The number of nitrogens with one attached hydrogen (secondary N) is 1. The minimum Gasteiger partial charge on any atom is -0.309 e. The third-order valence-corrected chi connectivity index (χ3v) is 6.00. The van der Waals surface area contributed by atoms with E-state index in [1.54, 1.807) is 35.0 Å². The van der Waals surface area contributed by atoms with E-state index in [0.29, 0.717) is 11.4 Å². The molecule has 2 atom stereocenters. The number of thioether (sulfide) groups is 1. The molecule has 24 heavy (non-hydrogen) atoms. The van der Waals surface area contributed by atoms with E-state index in [-0.39, 0.29) is 21.9 Å². The number of anilines is 1. The number of hydrogen-bond acceptors (Lipinski definition) is 4. The van der Waals surface area contributed by atoms with Gasteiger partial charge in [-0.25, -0.2) is 4.98 Å². The molecule has 0 radical (unpaired) electrons. The van der Waals surface area contributed by atoms with Crippen molar-refractivity contribution in [3.05, 3.63) is 59.8 Å². The lowest BCUT2D eigenvalue weighted by Gasteiger charge is -2.29. The molecule has 1 saturated heterocycles. The van der Waals surface area contributed by atoms with Crippen molar-refractivity contribution < 1.29 is 9.59 Å². The number of pyridine rings is 1. The SMILES string of the molecule is CC1(C)S[C@H]2c3ccccc3C(=O)N2[C@H]1C(=O)Nc1ccccn1. The average molecular weight is 339 g/mol. The van der Waals surface area contributed by atoms with E-state index in [1.165, 1.54) is 0 Å². The highest BCUT2D eigenvalue weighted by Gasteiger charge is 2.57. The molecule has 2 amide bonds. The van der Waals surface area contributed by atoms with Crippen molar-refractivity contribution >= 4 is 29.4 Å². The number of carbonyl (C=O) groups is 2. The van der Waals surface area contributed by atoms with Gasteiger partial charge in [-0.05, 0) is 37.6 Å². The quantitative estimate of drug-likeness (QED) is 0.913. The third kappa shape index (κ3) is 2.21. The summed E-state index contributed by atoms with van der Waals surface area (Å²) in [4.78, 5) is 31.6. The van der Waals surface area contributed by atoms with Crippen LogP contribution in [0, 0.1) is 0 Å². The normalized spacial score (nSPS) is 23.8. The zero-order chi connectivity index (χ0) is 16.9. The van der Waals surface area contributed by atoms with Crippen LogP contribution in [0.3, 0.4) is 0 Å². The molecule has 1 N–H and O–H groups in total. The van der Waals surface area contributed by atoms with E-state index in [0.717, 1.165) is 5.56 Å². The number of carbonyl (C=O) groups excluding carboxylic acids is 2. The summed E-state index contributed by atoms with van der Waals surface area (Å²) in [7, 11) is 0. The Labute approximate surface area is 144 Å². The highest BCUT2D eigenvalue weighted by atomic mass is 32.2. The number of aromatic nitrogens is 1. The zero-order valence-electron chi connectivity index (χ0n) is 13.4. The Hall–Kier alpha value is -2.34. The predicted molar refractivity (Wildman–Crippen MR) is 93.7 cm³/mol. The average Bonchev–Trinajstić information content (AvgIpc) is 2.99. The summed E-state index contributed by atoms with van der Waals surface area (Å²) in [5.41, 5.74) is 1.69. The first-order valence-electron chi connectivity index (χ1n) is 7.80. The lowest BCUT2D eigenvalue weighted by atomic mass is 10.0. The van der Waals surface area contributed by atoms with E-state index >= 15 is 0 Å². The van der Waals surface area contributed by atoms with Gasteiger partial charge in [0.25, 0.3) is 5.91 Å². The molecule has 5 nitrogen and oxygen atoms in total. The van der Waals surface area contributed by atoms with Crippen molar-refractivity contribution in [1.82, 2.24) is 9.88 Å². The molecule has 2 aromatic rings. The Morgan fingerprint density at radius 2 is 1.96 bits per heavy atom. The molecule has 4 rings (SSSR count). The summed E-state index contributed by atoms with van der Waals surface area (Å²) in [5.74, 6) is 0.223. The minimum absolute atomic E-state index is 0.0742. The molecule has 1 aromatic carbocycles. The van der Waals surface area contributed by atoms with E-state index in [9.17, 15) is 9.59 Å². The van der Waals surface area contributed by atoms with Crippen LogP contribution in [-0.2, 0) is 4.79 Å². The van der Waals surface area contributed by atoms with Crippen molar-refractivity contribution in [3.63, 3.8) is 0 Å². The highest BCUT2D eigenvalue weighted by Crippen LogP contribution is 2.56. The Balaban J connectivity index is 1.68. The molecular weight excluding hydrogens is 322 g/mol. The smallest absolute Gasteiger partial charge is 0.256 e. The van der Waals surface area contributed by atoms with Crippen LogP contribution in [0.25, 0.3) is 0 Å². The van der Waals surface area contributed by atoms with E-state index in [1.807, 2.05) is 44.2 Å². The number of hydrogen-bond donors (Lipinski definition) is 1. The topological polar surface area (TPSA) is 62.3 Å². The van der Waals surface area contributed by atoms with Crippen LogP contribution in [0.4, 0.5) is 5.82 Å². The summed E-state index contributed by atoms with van der Waals surface area (Å²) in [6.07, 6.45) is 1.63. The van der Waals surface area contributed by atoms with Gasteiger partial charge in [-0.1, -0.05) is 24.3 Å². The number of amides is 2. The van der Waals surface area contributed by atoms with Crippen molar-refractivity contribution in [3.8, 4) is 0 Å². The molecule has 1 fully saturated rings. The summed E-state index contributed by atoms with van der Waals surface area (Å²) >= 11 is 1.66. The number of rotatable bonds is 2. The second kappa shape index (κ2) is 5.34. The van der Waals surface area contributed by atoms with Crippen LogP contribution in [0.1, 0.15) is 35.1 Å². The fraction of sp³-hybridized carbons (Fsp3) is 0.278. The van der Waals surface area contributed by atoms with E-state index in [2.05, 4.69) is 10.3 Å². The fourth-order valence-corrected chi connectivity index (χ4v) is 5.02. The molecule has 0 unspecified atom stereocenters. The molecule has 6 heteroatoms. The van der Waals surface area contributed by atoms with Gasteiger partial charge in [0.1, 0.15) is 17.2 Å². The molecular formula is C18H17N3O2S. The van der Waals surface area contributed by atoms with Crippen LogP contribution in [0.15, 0.2) is 48.7 Å². The maximum Gasteiger partial charge on any atom is 0.256 e. The van der Waals surface area contributed by atoms with Crippen molar-refractivity contribution in [2.24, 2.45) is 0 Å². The van der Waals surface area contributed by atoms with Gasteiger partial charge in [-0.2, -0.15) is 0 Å².